The zero-order valence-electron chi connectivity index (χ0n) is 17.8. The average molecular weight is 405 g/mol. The largest absolute Gasteiger partial charge is 0.539 e. The first-order chi connectivity index (χ1) is 13.3. The minimum Gasteiger partial charge on any atom is -0.539 e. The Morgan fingerprint density at radius 3 is 1.79 bits per heavy atom. The number of hydrogen-bond donors (Lipinski definition) is 0. The third-order valence-electron chi connectivity index (χ3n) is 6.08. The van der Waals surface area contributed by atoms with Crippen molar-refractivity contribution >= 4 is 26.8 Å². The maximum Gasteiger partial charge on any atom is 0.276 e. The highest BCUT2D eigenvalue weighted by atomic mass is 28.4. The molecule has 0 aliphatic heterocycles. The quantitative estimate of drug-likeness (QED) is 0.457. The molecule has 28 heavy (non-hydrogen) atoms. The van der Waals surface area contributed by atoms with Gasteiger partial charge in [-0.25, -0.2) is 0 Å². The summed E-state index contributed by atoms with van der Waals surface area (Å²) >= 11 is 0. The van der Waals surface area contributed by atoms with E-state index in [1.807, 2.05) is 0 Å². The lowest BCUT2D eigenvalue weighted by molar-refractivity contribution is 0.554. The van der Waals surface area contributed by atoms with Gasteiger partial charge < -0.3 is 4.43 Å². The lowest BCUT2D eigenvalue weighted by Gasteiger charge is -2.32. The summed E-state index contributed by atoms with van der Waals surface area (Å²) in [6, 6.07) is 30.4. The molecule has 0 saturated carbocycles. The van der Waals surface area contributed by atoms with Gasteiger partial charge in [0.1, 0.15) is 5.75 Å². The fourth-order valence-corrected chi connectivity index (χ4v) is 7.90. The van der Waals surface area contributed by atoms with Crippen molar-refractivity contribution in [2.24, 2.45) is 0 Å². The Kier molecular flexibility index (Phi) is 6.26. The first kappa shape index (κ1) is 20.6. The minimum atomic E-state index is -2.00. The molecule has 0 bridgehead atoms. The fourth-order valence-electron chi connectivity index (χ4n) is 3.68. The fraction of sp³-hybridized carbons (Fsp3) is 0.280. The van der Waals surface area contributed by atoms with E-state index in [0.29, 0.717) is 5.54 Å². The van der Waals surface area contributed by atoms with Gasteiger partial charge in [0.05, 0.1) is 8.07 Å². The molecule has 0 N–H and O–H groups in total. The van der Waals surface area contributed by atoms with Crippen LogP contribution in [-0.2, 0) is 6.42 Å². The molecule has 1 unspecified atom stereocenters. The van der Waals surface area contributed by atoms with Crippen LogP contribution in [0, 0.1) is 0 Å². The molecule has 0 heterocycles. The minimum absolute atomic E-state index is 0.626. The number of hydrogen-bond acceptors (Lipinski definition) is 1. The van der Waals surface area contributed by atoms with E-state index in [1.54, 1.807) is 0 Å². The summed E-state index contributed by atoms with van der Waals surface area (Å²) in [6.45, 7) is 11.9. The van der Waals surface area contributed by atoms with Crippen LogP contribution in [-0.4, -0.2) is 16.4 Å². The van der Waals surface area contributed by atoms with Crippen molar-refractivity contribution in [1.29, 1.82) is 0 Å². The summed E-state index contributed by atoms with van der Waals surface area (Å²) in [5.74, 6) is 1.06. The molecule has 0 spiro atoms. The molecular weight excluding hydrogens is 372 g/mol. The zero-order valence-corrected chi connectivity index (χ0v) is 19.8. The zero-order chi connectivity index (χ0) is 20.2. The molecule has 3 aromatic carbocycles. The Balaban J connectivity index is 1.83. The van der Waals surface area contributed by atoms with E-state index in [0.717, 1.165) is 12.2 Å². The van der Waals surface area contributed by atoms with Crippen LogP contribution in [0.1, 0.15) is 12.5 Å². The molecule has 3 aromatic rings. The van der Waals surface area contributed by atoms with Gasteiger partial charge in [0, 0.05) is 0 Å². The van der Waals surface area contributed by atoms with Gasteiger partial charge in [-0.1, -0.05) is 104 Å². The molecule has 3 heteroatoms. The number of rotatable bonds is 7. The van der Waals surface area contributed by atoms with Crippen LogP contribution < -0.4 is 14.8 Å². The Bertz CT molecular complexity index is 889. The highest BCUT2D eigenvalue weighted by molar-refractivity contribution is 6.91. The lowest BCUT2D eigenvalue weighted by Crippen LogP contribution is -2.48. The predicted octanol–water partition coefficient (Wildman–Crippen LogP) is 5.73. The van der Waals surface area contributed by atoms with Crippen molar-refractivity contribution in [3.8, 4) is 5.75 Å². The van der Waals surface area contributed by atoms with Crippen LogP contribution in [0.3, 0.4) is 0 Å². The van der Waals surface area contributed by atoms with Crippen molar-refractivity contribution in [2.45, 2.75) is 45.1 Å². The summed E-state index contributed by atoms with van der Waals surface area (Å²) in [7, 11) is -3.56. The smallest absolute Gasteiger partial charge is 0.276 e. The molecule has 0 aliphatic carbocycles. The number of benzene rings is 3. The highest BCUT2D eigenvalue weighted by Crippen LogP contribution is 2.31. The van der Waals surface area contributed by atoms with Crippen molar-refractivity contribution in [3.05, 3.63) is 90.5 Å². The molecular formula is C25H32OSi2. The average Bonchev–Trinajstić information content (AvgIpc) is 2.70. The van der Waals surface area contributed by atoms with Crippen LogP contribution >= 0.6 is 0 Å². The van der Waals surface area contributed by atoms with Gasteiger partial charge in [-0.05, 0) is 41.9 Å². The van der Waals surface area contributed by atoms with Gasteiger partial charge in [-0.2, -0.15) is 0 Å². The summed E-state index contributed by atoms with van der Waals surface area (Å²) in [5.41, 5.74) is 1.96. The van der Waals surface area contributed by atoms with Crippen molar-refractivity contribution in [3.63, 3.8) is 0 Å². The molecule has 0 aliphatic rings. The van der Waals surface area contributed by atoms with Crippen LogP contribution in [0.2, 0.25) is 31.7 Å². The highest BCUT2D eigenvalue weighted by Gasteiger charge is 2.32. The molecule has 1 nitrogen and oxygen atoms in total. The SMILES string of the molecule is CC(Cc1ccccc1O[Si](C)(C)c1ccccc1)[Si](C)(C)c1ccccc1. The van der Waals surface area contributed by atoms with Gasteiger partial charge >= 0.3 is 0 Å². The molecule has 0 aromatic heterocycles. The summed E-state index contributed by atoms with van der Waals surface area (Å²) in [6.07, 6.45) is 1.06. The maximum absolute atomic E-state index is 6.69. The van der Waals surface area contributed by atoms with E-state index >= 15 is 0 Å². The van der Waals surface area contributed by atoms with Crippen LogP contribution in [0.4, 0.5) is 0 Å². The van der Waals surface area contributed by atoms with Crippen LogP contribution in [0.25, 0.3) is 0 Å². The molecule has 0 radical (unpaired) electrons. The Morgan fingerprint density at radius 2 is 1.18 bits per heavy atom. The van der Waals surface area contributed by atoms with Crippen molar-refractivity contribution in [2.75, 3.05) is 0 Å². The first-order valence-corrected chi connectivity index (χ1v) is 16.2. The van der Waals surface area contributed by atoms with Crippen molar-refractivity contribution < 1.29 is 4.43 Å². The molecule has 1 atom stereocenters. The molecule has 0 fully saturated rings. The number of para-hydroxylation sites is 1. The topological polar surface area (TPSA) is 9.23 Å². The van der Waals surface area contributed by atoms with E-state index in [9.17, 15) is 0 Å². The van der Waals surface area contributed by atoms with Crippen LogP contribution in [0.5, 0.6) is 5.75 Å². The summed E-state index contributed by atoms with van der Waals surface area (Å²) in [5, 5.41) is 2.86. The van der Waals surface area contributed by atoms with Gasteiger partial charge in [0.15, 0.2) is 0 Å². The van der Waals surface area contributed by atoms with Gasteiger partial charge in [-0.15, -0.1) is 0 Å². The summed E-state index contributed by atoms with van der Waals surface area (Å²) in [4.78, 5) is 0. The predicted molar refractivity (Wildman–Crippen MR) is 127 cm³/mol. The lowest BCUT2D eigenvalue weighted by atomic mass is 10.1. The third-order valence-corrected chi connectivity index (χ3v) is 13.0. The van der Waals surface area contributed by atoms with Gasteiger partial charge in [-0.3, -0.25) is 0 Å². The second-order valence-electron chi connectivity index (χ2n) is 8.78. The standard InChI is InChI=1S/C25H32OSi2/c1-21(27(2,3)23-15-8-6-9-16-23)20-22-14-12-13-19-25(22)26-28(4,5)24-17-10-7-11-18-24/h6-19,21H,20H2,1-5H3. The molecule has 3 rings (SSSR count). The van der Waals surface area contributed by atoms with E-state index in [4.69, 9.17) is 4.43 Å². The van der Waals surface area contributed by atoms with Gasteiger partial charge in [0.2, 0.25) is 0 Å². The van der Waals surface area contributed by atoms with E-state index in [-0.39, 0.29) is 0 Å². The molecule has 146 valence electrons. The molecule has 0 amide bonds. The Labute approximate surface area is 172 Å². The van der Waals surface area contributed by atoms with E-state index in [1.165, 1.54) is 15.9 Å². The van der Waals surface area contributed by atoms with E-state index < -0.39 is 16.4 Å². The van der Waals surface area contributed by atoms with Crippen molar-refractivity contribution in [1.82, 2.24) is 0 Å². The first-order valence-electron chi connectivity index (χ1n) is 10.2. The second kappa shape index (κ2) is 8.50. The maximum atomic E-state index is 6.69. The van der Waals surface area contributed by atoms with Crippen LogP contribution in [0.15, 0.2) is 84.9 Å². The Hall–Kier alpha value is -2.11. The monoisotopic (exact) mass is 404 g/mol. The van der Waals surface area contributed by atoms with Gasteiger partial charge in [0.25, 0.3) is 8.32 Å². The normalized spacial score (nSPS) is 13.2. The molecule has 0 saturated heterocycles. The van der Waals surface area contributed by atoms with E-state index in [2.05, 4.69) is 118 Å². The Morgan fingerprint density at radius 1 is 0.679 bits per heavy atom. The third kappa shape index (κ3) is 4.65. The second-order valence-corrected chi connectivity index (χ2v) is 17.6. The summed E-state index contributed by atoms with van der Waals surface area (Å²) < 4.78 is 6.69.